The zero-order valence-corrected chi connectivity index (χ0v) is 18.4. The molecule has 6 nitrogen and oxygen atoms in total. The van der Waals surface area contributed by atoms with Gasteiger partial charge in [-0.05, 0) is 26.3 Å². The molecule has 1 atom stereocenters. The van der Waals surface area contributed by atoms with Crippen LogP contribution in [0.25, 0.3) is 0 Å². The molecule has 0 spiro atoms. The molecule has 164 valence electrons. The van der Waals surface area contributed by atoms with E-state index >= 15 is 0 Å². The molecule has 0 amide bonds. The van der Waals surface area contributed by atoms with Crippen LogP contribution >= 0.6 is 0 Å². The van der Waals surface area contributed by atoms with Crippen LogP contribution in [0.15, 0.2) is 89.9 Å². The SMILES string of the molecule is CC(C)(C)OC(=O)C(Cc1ccc([N+](=O)[O-])cc1)N=C(c1ccccc1)c1ccccc1. The van der Waals surface area contributed by atoms with Crippen molar-refractivity contribution in [1.82, 2.24) is 0 Å². The number of benzene rings is 3. The second-order valence-corrected chi connectivity index (χ2v) is 8.39. The number of ether oxygens (including phenoxy) is 1. The first-order valence-electron chi connectivity index (χ1n) is 10.4. The molecule has 0 aromatic heterocycles. The van der Waals surface area contributed by atoms with Gasteiger partial charge in [-0.15, -0.1) is 0 Å². The molecular weight excluding hydrogens is 404 g/mol. The van der Waals surface area contributed by atoms with E-state index in [0.717, 1.165) is 16.7 Å². The van der Waals surface area contributed by atoms with Crippen molar-refractivity contribution in [2.45, 2.75) is 38.8 Å². The largest absolute Gasteiger partial charge is 0.458 e. The molecule has 0 N–H and O–H groups in total. The number of aliphatic imine (C=N–C) groups is 1. The number of non-ortho nitro benzene ring substituents is 1. The van der Waals surface area contributed by atoms with E-state index in [4.69, 9.17) is 9.73 Å². The Morgan fingerprint density at radius 3 is 1.84 bits per heavy atom. The molecule has 0 aliphatic carbocycles. The minimum Gasteiger partial charge on any atom is -0.458 e. The topological polar surface area (TPSA) is 81.8 Å². The molecule has 6 heteroatoms. The Balaban J connectivity index is 2.04. The van der Waals surface area contributed by atoms with Gasteiger partial charge in [-0.25, -0.2) is 4.79 Å². The third kappa shape index (κ3) is 6.35. The standard InChI is InChI=1S/C26H26N2O4/c1-26(2,3)32-25(29)23(18-19-14-16-22(17-15-19)28(30)31)27-24(20-10-6-4-7-11-20)21-12-8-5-9-13-21/h4-17,23H,18H2,1-3H3. The summed E-state index contributed by atoms with van der Waals surface area (Å²) < 4.78 is 5.65. The van der Waals surface area contributed by atoms with Gasteiger partial charge in [0.05, 0.1) is 10.6 Å². The van der Waals surface area contributed by atoms with Gasteiger partial charge in [0, 0.05) is 29.7 Å². The number of nitro groups is 1. The lowest BCUT2D eigenvalue weighted by Crippen LogP contribution is -2.33. The van der Waals surface area contributed by atoms with E-state index in [1.165, 1.54) is 12.1 Å². The summed E-state index contributed by atoms with van der Waals surface area (Å²) >= 11 is 0. The zero-order chi connectivity index (χ0) is 23.1. The molecule has 0 aliphatic rings. The maximum atomic E-state index is 13.1. The van der Waals surface area contributed by atoms with Gasteiger partial charge < -0.3 is 4.74 Å². The van der Waals surface area contributed by atoms with Gasteiger partial charge in [0.25, 0.3) is 5.69 Å². The molecule has 0 saturated heterocycles. The number of hydrogen-bond acceptors (Lipinski definition) is 5. The highest BCUT2D eigenvalue weighted by Gasteiger charge is 2.26. The number of carbonyl (C=O) groups is 1. The molecule has 0 fully saturated rings. The van der Waals surface area contributed by atoms with Gasteiger partial charge in [-0.2, -0.15) is 0 Å². The Hall–Kier alpha value is -3.80. The van der Waals surface area contributed by atoms with E-state index in [0.29, 0.717) is 5.71 Å². The summed E-state index contributed by atoms with van der Waals surface area (Å²) in [4.78, 5) is 28.5. The van der Waals surface area contributed by atoms with E-state index < -0.39 is 22.5 Å². The van der Waals surface area contributed by atoms with Crippen molar-refractivity contribution in [1.29, 1.82) is 0 Å². The molecule has 32 heavy (non-hydrogen) atoms. The van der Waals surface area contributed by atoms with Crippen LogP contribution in [0.3, 0.4) is 0 Å². The molecule has 0 heterocycles. The zero-order valence-electron chi connectivity index (χ0n) is 18.4. The Labute approximate surface area is 187 Å². The first-order chi connectivity index (χ1) is 15.2. The van der Waals surface area contributed by atoms with Gasteiger partial charge in [-0.3, -0.25) is 15.1 Å². The number of rotatable bonds is 7. The van der Waals surface area contributed by atoms with Gasteiger partial charge >= 0.3 is 5.97 Å². The average molecular weight is 431 g/mol. The van der Waals surface area contributed by atoms with E-state index in [-0.39, 0.29) is 12.1 Å². The normalized spacial score (nSPS) is 12.0. The summed E-state index contributed by atoms with van der Waals surface area (Å²) in [5.41, 5.74) is 2.55. The summed E-state index contributed by atoms with van der Waals surface area (Å²) in [6, 6.07) is 24.7. The quantitative estimate of drug-likeness (QED) is 0.218. The maximum absolute atomic E-state index is 13.1. The third-order valence-corrected chi connectivity index (χ3v) is 4.63. The van der Waals surface area contributed by atoms with E-state index in [9.17, 15) is 14.9 Å². The van der Waals surface area contributed by atoms with Crippen LogP contribution < -0.4 is 0 Å². The second-order valence-electron chi connectivity index (χ2n) is 8.39. The molecular formula is C26H26N2O4. The highest BCUT2D eigenvalue weighted by Crippen LogP contribution is 2.19. The van der Waals surface area contributed by atoms with Crippen molar-refractivity contribution in [2.75, 3.05) is 0 Å². The van der Waals surface area contributed by atoms with E-state index in [1.807, 2.05) is 81.4 Å². The van der Waals surface area contributed by atoms with Crippen LogP contribution in [-0.4, -0.2) is 28.2 Å². The van der Waals surface area contributed by atoms with Crippen molar-refractivity contribution >= 4 is 17.4 Å². The fourth-order valence-electron chi connectivity index (χ4n) is 3.19. The van der Waals surface area contributed by atoms with Crippen molar-refractivity contribution in [3.8, 4) is 0 Å². The van der Waals surface area contributed by atoms with Crippen LogP contribution in [0, 0.1) is 10.1 Å². The fourth-order valence-corrected chi connectivity index (χ4v) is 3.19. The molecule has 3 aromatic rings. The Bertz CT molecular complexity index is 1040. The van der Waals surface area contributed by atoms with E-state index in [2.05, 4.69) is 0 Å². The van der Waals surface area contributed by atoms with Gasteiger partial charge in [-0.1, -0.05) is 72.8 Å². The predicted octanol–water partition coefficient (Wildman–Crippen LogP) is 5.39. The number of nitrogens with zero attached hydrogens (tertiary/aromatic N) is 2. The Morgan fingerprint density at radius 1 is 0.906 bits per heavy atom. The van der Waals surface area contributed by atoms with Crippen molar-refractivity contribution in [2.24, 2.45) is 4.99 Å². The summed E-state index contributed by atoms with van der Waals surface area (Å²) in [5, 5.41) is 11.0. The summed E-state index contributed by atoms with van der Waals surface area (Å²) in [6.45, 7) is 5.44. The molecule has 0 aliphatic heterocycles. The minimum atomic E-state index is -0.814. The predicted molar refractivity (Wildman–Crippen MR) is 125 cm³/mol. The molecule has 0 radical (unpaired) electrons. The van der Waals surface area contributed by atoms with Crippen LogP contribution in [0.2, 0.25) is 0 Å². The monoisotopic (exact) mass is 430 g/mol. The molecule has 0 saturated carbocycles. The van der Waals surface area contributed by atoms with E-state index in [1.54, 1.807) is 12.1 Å². The van der Waals surface area contributed by atoms with Crippen molar-refractivity contribution in [3.05, 3.63) is 112 Å². The van der Waals surface area contributed by atoms with Gasteiger partial charge in [0.2, 0.25) is 0 Å². The van der Waals surface area contributed by atoms with Crippen molar-refractivity contribution < 1.29 is 14.5 Å². The number of esters is 1. The summed E-state index contributed by atoms with van der Waals surface area (Å²) in [5.74, 6) is -0.444. The fraction of sp³-hybridized carbons (Fsp3) is 0.231. The maximum Gasteiger partial charge on any atom is 0.331 e. The van der Waals surface area contributed by atoms with Gasteiger partial charge in [0.15, 0.2) is 6.04 Å². The average Bonchev–Trinajstić information content (AvgIpc) is 2.77. The molecule has 3 aromatic carbocycles. The first-order valence-corrected chi connectivity index (χ1v) is 10.4. The summed E-state index contributed by atoms with van der Waals surface area (Å²) in [7, 11) is 0. The lowest BCUT2D eigenvalue weighted by Gasteiger charge is -2.23. The number of nitro benzene ring substituents is 1. The van der Waals surface area contributed by atoms with Crippen LogP contribution in [0.4, 0.5) is 5.69 Å². The molecule has 1 unspecified atom stereocenters. The number of hydrogen-bond donors (Lipinski definition) is 0. The van der Waals surface area contributed by atoms with Crippen molar-refractivity contribution in [3.63, 3.8) is 0 Å². The summed E-state index contributed by atoms with van der Waals surface area (Å²) in [6.07, 6.45) is 0.260. The van der Waals surface area contributed by atoms with Crippen LogP contribution in [0.5, 0.6) is 0 Å². The van der Waals surface area contributed by atoms with Gasteiger partial charge in [0.1, 0.15) is 5.60 Å². The third-order valence-electron chi connectivity index (χ3n) is 4.63. The highest BCUT2D eigenvalue weighted by molar-refractivity contribution is 6.13. The Morgan fingerprint density at radius 2 is 1.41 bits per heavy atom. The molecule has 0 bridgehead atoms. The minimum absolute atomic E-state index is 0.000305. The lowest BCUT2D eigenvalue weighted by atomic mass is 10.0. The van der Waals surface area contributed by atoms with Crippen LogP contribution in [0.1, 0.15) is 37.5 Å². The highest BCUT2D eigenvalue weighted by atomic mass is 16.6. The smallest absolute Gasteiger partial charge is 0.331 e. The molecule has 3 rings (SSSR count). The lowest BCUT2D eigenvalue weighted by molar-refractivity contribution is -0.384. The number of carbonyl (C=O) groups excluding carboxylic acids is 1. The second kappa shape index (κ2) is 10.0. The van der Waals surface area contributed by atoms with Crippen LogP contribution in [-0.2, 0) is 16.0 Å². The first kappa shape index (κ1) is 22.9. The Kier molecular flexibility index (Phi) is 7.15.